The van der Waals surface area contributed by atoms with Gasteiger partial charge in [0.25, 0.3) is 25.8 Å². The number of rotatable bonds is 31. The molecular weight excluding hydrogens is 1520 g/mol. The fourth-order valence-corrected chi connectivity index (χ4v) is 19.6. The number of carbonyl (C=O) groups is 5. The number of alkyl halides is 3. The molecule has 1 aromatic heterocycles. The molecule has 0 bridgehead atoms. The number of morpholine rings is 1. The summed E-state index contributed by atoms with van der Waals surface area (Å²) in [6.45, 7) is 21.5. The second-order valence-electron chi connectivity index (χ2n) is 31.5. The first-order valence-electron chi connectivity index (χ1n) is 38.6. The zero-order valence-electron chi connectivity index (χ0n) is 64.2. The molecule has 11 rings (SSSR count). The summed E-state index contributed by atoms with van der Waals surface area (Å²) in [4.78, 5) is 84.0. The second-order valence-corrected chi connectivity index (χ2v) is 37.5. The number of benzene rings is 5. The van der Waals surface area contributed by atoms with Crippen molar-refractivity contribution in [2.24, 2.45) is 10.8 Å². The highest BCUT2D eigenvalue weighted by Gasteiger charge is 2.49. The lowest BCUT2D eigenvalue weighted by Gasteiger charge is -2.44. The molecule has 111 heavy (non-hydrogen) atoms. The van der Waals surface area contributed by atoms with Gasteiger partial charge >= 0.3 is 5.51 Å². The minimum atomic E-state index is -6.11. The number of unbranched alkanes of at least 4 members (excludes halogenated alkanes) is 2. The summed E-state index contributed by atoms with van der Waals surface area (Å²) in [5.74, 6) is -1.43. The average Bonchev–Trinajstić information content (AvgIpc) is 1.40. The van der Waals surface area contributed by atoms with E-state index < -0.39 is 70.3 Å². The van der Waals surface area contributed by atoms with Crippen molar-refractivity contribution in [1.82, 2.24) is 45.3 Å². The van der Waals surface area contributed by atoms with Crippen LogP contribution in [-0.2, 0) is 43.8 Å². The summed E-state index contributed by atoms with van der Waals surface area (Å²) in [7, 11) is -11.0. The maximum atomic E-state index is 14.4. The Bertz CT molecular complexity index is 4460. The number of sulfonamides is 1. The molecule has 21 nitrogen and oxygen atoms in total. The maximum absolute atomic E-state index is 14.4. The lowest BCUT2D eigenvalue weighted by Crippen LogP contribution is -2.57. The van der Waals surface area contributed by atoms with Gasteiger partial charge in [-0.1, -0.05) is 106 Å². The van der Waals surface area contributed by atoms with Crippen molar-refractivity contribution in [3.8, 4) is 10.4 Å². The Morgan fingerprint density at radius 2 is 1.45 bits per heavy atom. The summed E-state index contributed by atoms with van der Waals surface area (Å²) >= 11 is 9.44. The van der Waals surface area contributed by atoms with Gasteiger partial charge in [-0.3, -0.25) is 33.8 Å². The van der Waals surface area contributed by atoms with Crippen LogP contribution in [0.15, 0.2) is 147 Å². The Hall–Kier alpha value is -7.41. The number of hydrogen-bond donors (Lipinski definition) is 5. The highest BCUT2D eigenvalue weighted by atomic mass is 35.5. The second kappa shape index (κ2) is 37.7. The number of anilines is 2. The minimum absolute atomic E-state index is 0.00381. The number of aromatic nitrogens is 1. The van der Waals surface area contributed by atoms with E-state index in [1.807, 2.05) is 112 Å². The normalized spacial score (nSPS) is 20.1. The van der Waals surface area contributed by atoms with E-state index in [-0.39, 0.29) is 53.1 Å². The monoisotopic (exact) mass is 1620 g/mol. The summed E-state index contributed by atoms with van der Waals surface area (Å²) in [6.07, 6.45) is 8.63. The first-order chi connectivity index (χ1) is 52.9. The highest BCUT2D eigenvalue weighted by Crippen LogP contribution is 2.45. The number of carbonyl (C=O) groups excluding carboxylic acids is 5. The van der Waals surface area contributed by atoms with Crippen LogP contribution in [0.3, 0.4) is 0 Å². The Morgan fingerprint density at radius 1 is 0.766 bits per heavy atom. The third-order valence-electron chi connectivity index (χ3n) is 21.9. The van der Waals surface area contributed by atoms with Gasteiger partial charge in [0.1, 0.15) is 17.0 Å². The molecule has 0 spiro atoms. The molecule has 5 amide bonds. The third kappa shape index (κ3) is 22.8. The van der Waals surface area contributed by atoms with Crippen LogP contribution in [0.25, 0.3) is 16.0 Å². The van der Waals surface area contributed by atoms with Gasteiger partial charge in [0.2, 0.25) is 23.6 Å². The number of ether oxygens (including phenoxy) is 1. The first kappa shape index (κ1) is 84.5. The van der Waals surface area contributed by atoms with Gasteiger partial charge in [0.15, 0.2) is 0 Å². The van der Waals surface area contributed by atoms with E-state index in [1.54, 1.807) is 28.4 Å². The number of nitrogens with one attached hydrogen (secondary N) is 5. The lowest BCUT2D eigenvalue weighted by molar-refractivity contribution is -0.144. The van der Waals surface area contributed by atoms with Gasteiger partial charge in [-0.2, -0.15) is 13.2 Å². The summed E-state index contributed by atoms with van der Waals surface area (Å²) < 4.78 is 105. The number of likely N-dealkylation sites (tertiary alicyclic amines) is 2. The van der Waals surface area contributed by atoms with Crippen LogP contribution in [0.5, 0.6) is 0 Å². The van der Waals surface area contributed by atoms with Gasteiger partial charge in [-0.25, -0.2) is 26.5 Å². The van der Waals surface area contributed by atoms with Gasteiger partial charge in [0.05, 0.1) is 45.9 Å². The van der Waals surface area contributed by atoms with Crippen molar-refractivity contribution in [2.75, 3.05) is 108 Å². The van der Waals surface area contributed by atoms with Crippen LogP contribution in [0.2, 0.25) is 5.02 Å². The number of thioether (sulfide) groups is 1. The standard InChI is InChI=1S/C82H105ClF3N11O10S4/c1-56(58-21-23-60(24-22-58)75-57(2)87-55-109-75)88-78(101)71-18-14-39-97(71)79(102)76(80(3,4)5)91-74(99)20-12-8-11-19-73(98)90-64-15-13-38-95(52-64)54-81(6)37-35-69(59-25-29-63(83)30-26-59)62(50-81)51-94-41-43-96(44-42-94)66-31-27-61(28-32-66)77(100)92-111(105,106)68-33-34-70(72(49-68)110(103,104)82(84,85)86)89-65(36-40-93-45-47-107-48-46-93)53-108-67-16-9-7-10-17-67/h7,9-10,16-17,21-34,49,55-56,64-65,71,76,89H,8,11-15,18-20,35-48,50-54H2,1-6H3,(H,88,101)(H,90,98)(H,91,99)(H,92,100)/t56-,64-,65+,71-,76?,81?/m0/s1. The number of allylic oxidation sites excluding steroid dienone is 1. The van der Waals surface area contributed by atoms with Crippen LogP contribution < -0.4 is 30.9 Å². The molecule has 0 radical (unpaired) electrons. The first-order valence-corrected chi connectivity index (χ1v) is 43.8. The molecule has 4 aliphatic heterocycles. The van der Waals surface area contributed by atoms with Crippen LogP contribution in [-0.4, -0.2) is 198 Å². The Kier molecular flexibility index (Phi) is 28.7. The van der Waals surface area contributed by atoms with Crippen molar-refractivity contribution in [3.05, 3.63) is 160 Å². The van der Waals surface area contributed by atoms with Crippen molar-refractivity contribution in [3.63, 3.8) is 0 Å². The molecule has 5 aliphatic rings. The summed E-state index contributed by atoms with van der Waals surface area (Å²) in [6, 6.07) is 32.0. The van der Waals surface area contributed by atoms with Crippen LogP contribution in [0.4, 0.5) is 24.5 Å². The van der Waals surface area contributed by atoms with E-state index >= 15 is 0 Å². The Morgan fingerprint density at radius 3 is 2.13 bits per heavy atom. The van der Waals surface area contributed by atoms with Crippen molar-refractivity contribution in [2.45, 2.75) is 175 Å². The van der Waals surface area contributed by atoms with Gasteiger partial charge in [0, 0.05) is 124 Å². The molecular formula is C82H105ClF3N11O10S4. The van der Waals surface area contributed by atoms with E-state index in [0.717, 1.165) is 121 Å². The van der Waals surface area contributed by atoms with Crippen LogP contribution in [0.1, 0.15) is 151 Å². The van der Waals surface area contributed by atoms with Crippen LogP contribution in [0, 0.1) is 17.8 Å². The number of piperidine rings is 1. The summed E-state index contributed by atoms with van der Waals surface area (Å²) in [5, 5.41) is 13.2. The number of sulfone groups is 1. The molecule has 5 aromatic carbocycles. The molecule has 1 aliphatic carbocycles. The van der Waals surface area contributed by atoms with E-state index in [4.69, 9.17) is 16.3 Å². The van der Waals surface area contributed by atoms with Gasteiger partial charge in [-0.05, 0) is 184 Å². The largest absolute Gasteiger partial charge is 0.501 e. The number of piperazine rings is 1. The molecule has 600 valence electrons. The number of thiazole rings is 1. The Labute approximate surface area is 665 Å². The number of amides is 5. The van der Waals surface area contributed by atoms with Crippen molar-refractivity contribution >= 4 is 101 Å². The third-order valence-corrected chi connectivity index (χ3v) is 27.1. The molecule has 29 heteroatoms. The van der Waals surface area contributed by atoms with Crippen LogP contribution >= 0.6 is 34.7 Å². The van der Waals surface area contributed by atoms with Gasteiger partial charge in [-0.15, -0.1) is 23.1 Å². The molecule has 6 atom stereocenters. The molecule has 5 heterocycles. The number of hydrogen-bond acceptors (Lipinski definition) is 18. The van der Waals surface area contributed by atoms with E-state index in [0.29, 0.717) is 114 Å². The average molecular weight is 1630 g/mol. The van der Waals surface area contributed by atoms with E-state index in [1.165, 1.54) is 35.0 Å². The Balaban J connectivity index is 0.632. The minimum Gasteiger partial charge on any atom is -0.380 e. The number of halogens is 4. The zero-order valence-corrected chi connectivity index (χ0v) is 68.2. The topological polar surface area (TPSA) is 252 Å². The lowest BCUT2D eigenvalue weighted by atomic mass is 9.71. The highest BCUT2D eigenvalue weighted by molar-refractivity contribution is 7.99. The smallest absolute Gasteiger partial charge is 0.380 e. The summed E-state index contributed by atoms with van der Waals surface area (Å²) in [5.41, 5.74) is 2.57. The SMILES string of the molecule is Cc1ncsc1-c1ccc([C@H](C)NC(=O)[C@@H]2CCCN2C(=O)C(NC(=O)CCCCCC(=O)N[C@H]2CCCN(CC3(C)CCC(c4ccc(Cl)cc4)=C(CN4CCN(c5ccc(C(=O)NS(=O)(=O)c6ccc(N[C@H](CCN7CCOCC7)CSc7ccccc7)c(S(=O)(=O)C(F)(F)F)c6)cc5)CC4)C3)C2)C(C)(C)C)cc1. The number of nitrogens with zero attached hydrogens (tertiary/aromatic N) is 6. The predicted molar refractivity (Wildman–Crippen MR) is 432 cm³/mol. The molecule has 0 saturated carbocycles. The van der Waals surface area contributed by atoms with Crippen molar-refractivity contribution < 1.29 is 58.7 Å². The van der Waals surface area contributed by atoms with E-state index in [9.17, 15) is 54.0 Å². The quantitative estimate of drug-likeness (QED) is 0.0200. The zero-order chi connectivity index (χ0) is 79.3. The molecule has 5 N–H and O–H groups in total. The predicted octanol–water partition coefficient (Wildman–Crippen LogP) is 13.2. The van der Waals surface area contributed by atoms with Gasteiger partial charge < -0.3 is 40.7 Å². The number of aryl methyl sites for hydroxylation is 1. The maximum Gasteiger partial charge on any atom is 0.501 e. The fourth-order valence-electron chi connectivity index (χ4n) is 15.7. The fraction of sp³-hybridized carbons (Fsp3) is 0.512. The van der Waals surface area contributed by atoms with E-state index in [2.05, 4.69) is 64.9 Å². The molecule has 2 unspecified atom stereocenters. The van der Waals surface area contributed by atoms with Crippen molar-refractivity contribution in [1.29, 1.82) is 0 Å². The molecule has 6 aromatic rings. The molecule has 4 fully saturated rings. The molecule has 4 saturated heterocycles.